The zero-order chi connectivity index (χ0) is 19.5. The molecule has 3 heterocycles. The number of aromatic amines is 1. The number of nitrogens with one attached hydrogen (secondary N) is 2. The average Bonchev–Trinajstić information content (AvgIpc) is 3.36. The third kappa shape index (κ3) is 3.75. The summed E-state index contributed by atoms with van der Waals surface area (Å²) in [5, 5.41) is 9.62. The van der Waals surface area contributed by atoms with Crippen LogP contribution < -0.4 is 10.2 Å². The van der Waals surface area contributed by atoms with Gasteiger partial charge in [-0.05, 0) is 54.4 Å². The van der Waals surface area contributed by atoms with E-state index in [1.165, 1.54) is 12.1 Å². The first-order valence-electron chi connectivity index (χ1n) is 8.95. The van der Waals surface area contributed by atoms with Gasteiger partial charge >= 0.3 is 0 Å². The van der Waals surface area contributed by atoms with Gasteiger partial charge in [0.05, 0.1) is 5.69 Å². The van der Waals surface area contributed by atoms with E-state index >= 15 is 0 Å². The first-order valence-corrected chi connectivity index (χ1v) is 8.95. The highest BCUT2D eigenvalue weighted by atomic mass is 19.1. The summed E-state index contributed by atoms with van der Waals surface area (Å²) in [7, 11) is 0. The number of benzene rings is 1. The Balaban J connectivity index is 1.41. The van der Waals surface area contributed by atoms with Crippen LogP contribution in [0.4, 0.5) is 10.2 Å². The van der Waals surface area contributed by atoms with Gasteiger partial charge in [-0.25, -0.2) is 9.37 Å². The second-order valence-electron chi connectivity index (χ2n) is 6.53. The van der Waals surface area contributed by atoms with Crippen molar-refractivity contribution in [3.05, 3.63) is 65.7 Å². The predicted molar refractivity (Wildman–Crippen MR) is 101 cm³/mol. The second-order valence-corrected chi connectivity index (χ2v) is 6.53. The van der Waals surface area contributed by atoms with Crippen LogP contribution in [0, 0.1) is 5.82 Å². The minimum absolute atomic E-state index is 0.0690. The summed E-state index contributed by atoms with van der Waals surface area (Å²) < 4.78 is 13.0. The number of hydrogen-bond acceptors (Lipinski definition) is 4. The lowest BCUT2D eigenvalue weighted by atomic mass is 10.1. The maximum absolute atomic E-state index is 13.0. The Labute approximate surface area is 160 Å². The molecule has 0 bridgehead atoms. The molecule has 2 amide bonds. The largest absolute Gasteiger partial charge is 0.347 e. The van der Waals surface area contributed by atoms with Crippen LogP contribution in [0.15, 0.2) is 48.7 Å². The van der Waals surface area contributed by atoms with Gasteiger partial charge in [-0.2, -0.15) is 5.10 Å². The van der Waals surface area contributed by atoms with Crippen molar-refractivity contribution < 1.29 is 14.0 Å². The van der Waals surface area contributed by atoms with Crippen LogP contribution in [-0.2, 0) is 11.3 Å². The maximum Gasteiger partial charge on any atom is 0.269 e. The number of rotatable bonds is 5. The molecule has 3 aromatic rings. The van der Waals surface area contributed by atoms with Crippen molar-refractivity contribution in [2.45, 2.75) is 19.4 Å². The zero-order valence-corrected chi connectivity index (χ0v) is 15.0. The van der Waals surface area contributed by atoms with E-state index in [1.54, 1.807) is 41.4 Å². The molecule has 0 saturated carbocycles. The summed E-state index contributed by atoms with van der Waals surface area (Å²) in [6.07, 6.45) is 3.00. The number of hydrogen-bond donors (Lipinski definition) is 2. The average molecular weight is 379 g/mol. The lowest BCUT2D eigenvalue weighted by Crippen LogP contribution is -2.26. The third-order valence-corrected chi connectivity index (χ3v) is 4.58. The molecule has 0 unspecified atom stereocenters. The van der Waals surface area contributed by atoms with Gasteiger partial charge in [0.15, 0.2) is 0 Å². The molecule has 1 aliphatic rings. The quantitative estimate of drug-likeness (QED) is 0.713. The van der Waals surface area contributed by atoms with E-state index in [2.05, 4.69) is 20.5 Å². The van der Waals surface area contributed by atoms with E-state index in [4.69, 9.17) is 0 Å². The fourth-order valence-corrected chi connectivity index (χ4v) is 3.09. The number of pyridine rings is 1. The van der Waals surface area contributed by atoms with Gasteiger partial charge in [0.2, 0.25) is 5.91 Å². The predicted octanol–water partition coefficient (Wildman–Crippen LogP) is 2.67. The molecule has 0 aliphatic carbocycles. The van der Waals surface area contributed by atoms with Gasteiger partial charge in [-0.15, -0.1) is 0 Å². The molecule has 1 saturated heterocycles. The number of carbonyl (C=O) groups is 2. The molecule has 2 N–H and O–H groups in total. The standard InChI is InChI=1S/C20H18FN5O2/c21-15-5-3-14(4-6-15)16-11-17(25-24-16)20(28)23-12-13-7-8-22-18(10-13)26-9-1-2-19(26)27/h3-8,10-11H,1-2,9,12H2,(H,23,28)(H,24,25). The van der Waals surface area contributed by atoms with Crippen LogP contribution in [0.2, 0.25) is 0 Å². The monoisotopic (exact) mass is 379 g/mol. The number of anilines is 1. The van der Waals surface area contributed by atoms with Crippen LogP contribution in [-0.4, -0.2) is 33.5 Å². The zero-order valence-electron chi connectivity index (χ0n) is 15.0. The summed E-state index contributed by atoms with van der Waals surface area (Å²) >= 11 is 0. The Kier molecular flexibility index (Phi) is 4.84. The molecule has 4 rings (SSSR count). The minimum Gasteiger partial charge on any atom is -0.347 e. The van der Waals surface area contributed by atoms with Gasteiger partial charge in [0, 0.05) is 31.3 Å². The van der Waals surface area contributed by atoms with Gasteiger partial charge < -0.3 is 5.32 Å². The van der Waals surface area contributed by atoms with Crippen molar-refractivity contribution >= 4 is 17.6 Å². The highest BCUT2D eigenvalue weighted by molar-refractivity contribution is 5.94. The summed E-state index contributed by atoms with van der Waals surface area (Å²) in [4.78, 5) is 30.2. The van der Waals surface area contributed by atoms with Crippen molar-refractivity contribution in [1.82, 2.24) is 20.5 Å². The fourth-order valence-electron chi connectivity index (χ4n) is 3.09. The highest BCUT2D eigenvalue weighted by Gasteiger charge is 2.22. The van der Waals surface area contributed by atoms with Gasteiger partial charge in [-0.1, -0.05) is 0 Å². The Hall–Kier alpha value is -3.55. The van der Waals surface area contributed by atoms with Crippen molar-refractivity contribution in [1.29, 1.82) is 0 Å². The molecule has 2 aromatic heterocycles. The molecule has 8 heteroatoms. The maximum atomic E-state index is 13.0. The van der Waals surface area contributed by atoms with E-state index in [9.17, 15) is 14.0 Å². The van der Waals surface area contributed by atoms with Crippen molar-refractivity contribution in [2.75, 3.05) is 11.4 Å². The van der Waals surface area contributed by atoms with Crippen LogP contribution in [0.1, 0.15) is 28.9 Å². The molecular weight excluding hydrogens is 361 g/mol. The van der Waals surface area contributed by atoms with E-state index in [0.717, 1.165) is 12.0 Å². The number of H-pyrrole nitrogens is 1. The normalized spacial score (nSPS) is 13.8. The minimum atomic E-state index is -0.329. The highest BCUT2D eigenvalue weighted by Crippen LogP contribution is 2.20. The lowest BCUT2D eigenvalue weighted by Gasteiger charge is -2.15. The summed E-state index contributed by atoms with van der Waals surface area (Å²) in [5.41, 5.74) is 2.43. The Morgan fingerprint density at radius 1 is 1.21 bits per heavy atom. The van der Waals surface area contributed by atoms with Crippen molar-refractivity contribution in [3.63, 3.8) is 0 Å². The number of aromatic nitrogens is 3. The summed E-state index contributed by atoms with van der Waals surface area (Å²) in [5.74, 6) is 0.0370. The number of amides is 2. The summed E-state index contributed by atoms with van der Waals surface area (Å²) in [6, 6.07) is 11.1. The van der Waals surface area contributed by atoms with Gasteiger partial charge in [0.1, 0.15) is 17.3 Å². The molecule has 1 aliphatic heterocycles. The van der Waals surface area contributed by atoms with Crippen LogP contribution in [0.3, 0.4) is 0 Å². The molecule has 28 heavy (non-hydrogen) atoms. The molecule has 1 fully saturated rings. The van der Waals surface area contributed by atoms with Gasteiger partial charge in [-0.3, -0.25) is 19.6 Å². The third-order valence-electron chi connectivity index (χ3n) is 4.58. The first-order chi connectivity index (χ1) is 13.6. The molecule has 0 spiro atoms. The van der Waals surface area contributed by atoms with E-state index in [1.807, 2.05) is 0 Å². The molecule has 0 atom stereocenters. The smallest absolute Gasteiger partial charge is 0.269 e. The SMILES string of the molecule is O=C(NCc1ccnc(N2CCCC2=O)c1)c1cc(-c2ccc(F)cc2)n[nH]1. The lowest BCUT2D eigenvalue weighted by molar-refractivity contribution is -0.117. The number of carbonyl (C=O) groups excluding carboxylic acids is 2. The summed E-state index contributed by atoms with van der Waals surface area (Å²) in [6.45, 7) is 0.962. The van der Waals surface area contributed by atoms with Crippen LogP contribution in [0.5, 0.6) is 0 Å². The second kappa shape index (κ2) is 7.59. The van der Waals surface area contributed by atoms with E-state index in [0.29, 0.717) is 42.3 Å². The van der Waals surface area contributed by atoms with Crippen LogP contribution >= 0.6 is 0 Å². The molecular formula is C20H18FN5O2. The van der Waals surface area contributed by atoms with Crippen LogP contribution in [0.25, 0.3) is 11.3 Å². The Morgan fingerprint density at radius 3 is 2.79 bits per heavy atom. The van der Waals surface area contributed by atoms with E-state index in [-0.39, 0.29) is 17.6 Å². The van der Waals surface area contributed by atoms with Crippen molar-refractivity contribution in [3.8, 4) is 11.3 Å². The fraction of sp³-hybridized carbons (Fsp3) is 0.200. The molecule has 142 valence electrons. The molecule has 1 aromatic carbocycles. The first kappa shape index (κ1) is 17.8. The molecule has 0 radical (unpaired) electrons. The Morgan fingerprint density at radius 2 is 2.04 bits per heavy atom. The van der Waals surface area contributed by atoms with E-state index < -0.39 is 0 Å². The number of halogens is 1. The topological polar surface area (TPSA) is 91.0 Å². The number of nitrogens with zero attached hydrogens (tertiary/aromatic N) is 3. The van der Waals surface area contributed by atoms with Crippen molar-refractivity contribution in [2.24, 2.45) is 0 Å². The Bertz CT molecular complexity index is 1020. The molecule has 7 nitrogen and oxygen atoms in total. The van der Waals surface area contributed by atoms with Gasteiger partial charge in [0.25, 0.3) is 5.91 Å².